The SMILES string of the molecule is Nc1ccc(F)cc1OCCc1ccsc1. The lowest BCUT2D eigenvalue weighted by Gasteiger charge is -2.08. The largest absolute Gasteiger partial charge is 0.491 e. The molecule has 0 saturated heterocycles. The van der Waals surface area contributed by atoms with E-state index in [4.69, 9.17) is 10.5 Å². The first-order valence-corrected chi connectivity index (χ1v) is 5.89. The topological polar surface area (TPSA) is 35.2 Å². The van der Waals surface area contributed by atoms with Crippen LogP contribution in [0.15, 0.2) is 35.0 Å². The molecular formula is C12H12FNOS. The third-order valence-corrected chi connectivity index (χ3v) is 2.94. The molecule has 0 aliphatic rings. The fraction of sp³-hybridized carbons (Fsp3) is 0.167. The molecule has 84 valence electrons. The van der Waals surface area contributed by atoms with Crippen LogP contribution in [0.5, 0.6) is 5.75 Å². The van der Waals surface area contributed by atoms with Gasteiger partial charge in [0.15, 0.2) is 0 Å². The van der Waals surface area contributed by atoms with E-state index in [0.29, 0.717) is 18.0 Å². The van der Waals surface area contributed by atoms with Crippen LogP contribution in [0, 0.1) is 5.82 Å². The van der Waals surface area contributed by atoms with Crippen molar-refractivity contribution in [3.8, 4) is 5.75 Å². The zero-order valence-corrected chi connectivity index (χ0v) is 9.47. The Kier molecular flexibility index (Phi) is 3.41. The molecule has 2 N–H and O–H groups in total. The summed E-state index contributed by atoms with van der Waals surface area (Å²) in [6.45, 7) is 0.504. The molecular weight excluding hydrogens is 225 g/mol. The number of hydrogen-bond donors (Lipinski definition) is 1. The molecule has 0 radical (unpaired) electrons. The van der Waals surface area contributed by atoms with Gasteiger partial charge in [-0.2, -0.15) is 11.3 Å². The van der Waals surface area contributed by atoms with Crippen LogP contribution in [-0.4, -0.2) is 6.61 Å². The van der Waals surface area contributed by atoms with E-state index >= 15 is 0 Å². The van der Waals surface area contributed by atoms with Gasteiger partial charge in [0.05, 0.1) is 12.3 Å². The first-order valence-electron chi connectivity index (χ1n) is 4.94. The van der Waals surface area contributed by atoms with Gasteiger partial charge in [-0.1, -0.05) is 0 Å². The van der Waals surface area contributed by atoms with Crippen molar-refractivity contribution in [3.05, 3.63) is 46.4 Å². The van der Waals surface area contributed by atoms with E-state index in [1.807, 2.05) is 11.4 Å². The summed E-state index contributed by atoms with van der Waals surface area (Å²) in [6.07, 6.45) is 0.805. The maximum atomic E-state index is 12.9. The summed E-state index contributed by atoms with van der Waals surface area (Å²) >= 11 is 1.65. The molecule has 0 bridgehead atoms. The highest BCUT2D eigenvalue weighted by molar-refractivity contribution is 7.07. The normalized spacial score (nSPS) is 10.3. The average Bonchev–Trinajstić information content (AvgIpc) is 2.76. The summed E-state index contributed by atoms with van der Waals surface area (Å²) in [5.74, 6) is 0.0787. The van der Waals surface area contributed by atoms with Crippen molar-refractivity contribution in [2.45, 2.75) is 6.42 Å². The van der Waals surface area contributed by atoms with Gasteiger partial charge >= 0.3 is 0 Å². The Morgan fingerprint density at radius 2 is 2.19 bits per heavy atom. The monoisotopic (exact) mass is 237 g/mol. The number of benzene rings is 1. The van der Waals surface area contributed by atoms with E-state index in [1.165, 1.54) is 23.8 Å². The summed E-state index contributed by atoms with van der Waals surface area (Å²) in [7, 11) is 0. The van der Waals surface area contributed by atoms with Crippen molar-refractivity contribution in [1.29, 1.82) is 0 Å². The smallest absolute Gasteiger partial charge is 0.145 e. The van der Waals surface area contributed by atoms with E-state index in [1.54, 1.807) is 11.3 Å². The Hall–Kier alpha value is -1.55. The first-order chi connectivity index (χ1) is 7.75. The quantitative estimate of drug-likeness (QED) is 0.829. The molecule has 0 amide bonds. The third-order valence-electron chi connectivity index (χ3n) is 2.20. The van der Waals surface area contributed by atoms with E-state index in [-0.39, 0.29) is 5.82 Å². The molecule has 2 rings (SSSR count). The van der Waals surface area contributed by atoms with Crippen molar-refractivity contribution in [1.82, 2.24) is 0 Å². The van der Waals surface area contributed by atoms with Crippen molar-refractivity contribution in [2.24, 2.45) is 0 Å². The molecule has 4 heteroatoms. The van der Waals surface area contributed by atoms with Gasteiger partial charge in [0, 0.05) is 12.5 Å². The highest BCUT2D eigenvalue weighted by Gasteiger charge is 2.02. The molecule has 0 aliphatic carbocycles. The zero-order valence-electron chi connectivity index (χ0n) is 8.65. The number of nitrogen functional groups attached to an aromatic ring is 1. The van der Waals surface area contributed by atoms with Gasteiger partial charge in [-0.15, -0.1) is 0 Å². The van der Waals surface area contributed by atoms with Crippen LogP contribution in [0.2, 0.25) is 0 Å². The minimum absolute atomic E-state index is 0.334. The van der Waals surface area contributed by atoms with Gasteiger partial charge in [0.2, 0.25) is 0 Å². The highest BCUT2D eigenvalue weighted by Crippen LogP contribution is 2.22. The summed E-state index contributed by atoms with van der Waals surface area (Å²) < 4.78 is 18.3. The molecule has 2 aromatic rings. The number of nitrogens with two attached hydrogens (primary N) is 1. The molecule has 0 atom stereocenters. The fourth-order valence-corrected chi connectivity index (χ4v) is 2.05. The van der Waals surface area contributed by atoms with E-state index in [2.05, 4.69) is 5.38 Å². The number of halogens is 1. The van der Waals surface area contributed by atoms with Crippen LogP contribution in [0.1, 0.15) is 5.56 Å². The predicted octanol–water partition coefficient (Wildman–Crippen LogP) is 3.09. The number of anilines is 1. The fourth-order valence-electron chi connectivity index (χ4n) is 1.35. The minimum Gasteiger partial charge on any atom is -0.491 e. The Balaban J connectivity index is 1.92. The number of thiophene rings is 1. The van der Waals surface area contributed by atoms with Crippen LogP contribution in [0.4, 0.5) is 10.1 Å². The molecule has 0 unspecified atom stereocenters. The Labute approximate surface area is 97.5 Å². The van der Waals surface area contributed by atoms with Gasteiger partial charge in [0.1, 0.15) is 11.6 Å². The molecule has 0 spiro atoms. The maximum Gasteiger partial charge on any atom is 0.145 e. The minimum atomic E-state index is -0.334. The lowest BCUT2D eigenvalue weighted by molar-refractivity contribution is 0.322. The Morgan fingerprint density at radius 1 is 1.31 bits per heavy atom. The first kappa shape index (κ1) is 11.0. The summed E-state index contributed by atoms with van der Waals surface area (Å²) in [6, 6.07) is 6.18. The lowest BCUT2D eigenvalue weighted by atomic mass is 10.2. The van der Waals surface area contributed by atoms with E-state index < -0.39 is 0 Å². The Bertz CT molecular complexity index is 456. The second kappa shape index (κ2) is 4.99. The Morgan fingerprint density at radius 3 is 2.94 bits per heavy atom. The van der Waals surface area contributed by atoms with Crippen molar-refractivity contribution >= 4 is 17.0 Å². The predicted molar refractivity (Wildman–Crippen MR) is 64.3 cm³/mol. The molecule has 16 heavy (non-hydrogen) atoms. The third kappa shape index (κ3) is 2.73. The van der Waals surface area contributed by atoms with Gasteiger partial charge in [-0.3, -0.25) is 0 Å². The standard InChI is InChI=1S/C12H12FNOS/c13-10-1-2-11(14)12(7-10)15-5-3-9-4-6-16-8-9/h1-2,4,6-8H,3,5,14H2. The van der Waals surface area contributed by atoms with Gasteiger partial charge in [0.25, 0.3) is 0 Å². The van der Waals surface area contributed by atoms with Crippen LogP contribution in [0.3, 0.4) is 0 Å². The second-order valence-electron chi connectivity index (χ2n) is 3.41. The van der Waals surface area contributed by atoms with Crippen LogP contribution >= 0.6 is 11.3 Å². The molecule has 2 nitrogen and oxygen atoms in total. The van der Waals surface area contributed by atoms with E-state index in [0.717, 1.165) is 6.42 Å². The average molecular weight is 237 g/mol. The summed E-state index contributed by atoms with van der Waals surface area (Å²) in [5, 5.41) is 4.09. The van der Waals surface area contributed by atoms with Crippen molar-refractivity contribution in [2.75, 3.05) is 12.3 Å². The van der Waals surface area contributed by atoms with E-state index in [9.17, 15) is 4.39 Å². The van der Waals surface area contributed by atoms with Crippen LogP contribution in [0.25, 0.3) is 0 Å². The lowest BCUT2D eigenvalue weighted by Crippen LogP contribution is -2.03. The molecule has 0 fully saturated rings. The zero-order chi connectivity index (χ0) is 11.4. The summed E-state index contributed by atoms with van der Waals surface area (Å²) in [4.78, 5) is 0. The summed E-state index contributed by atoms with van der Waals surface area (Å²) in [5.41, 5.74) is 7.35. The van der Waals surface area contributed by atoms with Crippen molar-refractivity contribution in [3.63, 3.8) is 0 Å². The molecule has 1 heterocycles. The van der Waals surface area contributed by atoms with Crippen molar-refractivity contribution < 1.29 is 9.13 Å². The highest BCUT2D eigenvalue weighted by atomic mass is 32.1. The van der Waals surface area contributed by atoms with Gasteiger partial charge in [-0.05, 0) is 34.5 Å². The molecule has 1 aromatic carbocycles. The molecule has 0 saturated carbocycles. The van der Waals surface area contributed by atoms with Gasteiger partial charge < -0.3 is 10.5 Å². The number of hydrogen-bond acceptors (Lipinski definition) is 3. The molecule has 0 aliphatic heterocycles. The number of ether oxygens (including phenoxy) is 1. The molecule has 1 aromatic heterocycles. The number of rotatable bonds is 4. The second-order valence-corrected chi connectivity index (χ2v) is 4.19. The van der Waals surface area contributed by atoms with Gasteiger partial charge in [-0.25, -0.2) is 4.39 Å². The van der Waals surface area contributed by atoms with Crippen LogP contribution in [-0.2, 0) is 6.42 Å². The van der Waals surface area contributed by atoms with Crippen LogP contribution < -0.4 is 10.5 Å². The maximum absolute atomic E-state index is 12.9.